The van der Waals surface area contributed by atoms with Crippen molar-refractivity contribution in [1.29, 1.82) is 5.26 Å². The maximum Gasteiger partial charge on any atom is 0.278 e. The van der Waals surface area contributed by atoms with Gasteiger partial charge in [0, 0.05) is 31.4 Å². The predicted molar refractivity (Wildman–Crippen MR) is 129 cm³/mol. The minimum absolute atomic E-state index is 0.113. The van der Waals surface area contributed by atoms with Crippen molar-refractivity contribution in [3.05, 3.63) is 50.8 Å². The number of nitriles is 1. The first kappa shape index (κ1) is 23.3. The number of nitrogens with zero attached hydrogens (tertiary/aromatic N) is 5. The van der Waals surface area contributed by atoms with Crippen LogP contribution in [0.3, 0.4) is 0 Å². The van der Waals surface area contributed by atoms with Gasteiger partial charge in [-0.3, -0.25) is 9.36 Å². The largest absolute Gasteiger partial charge is 0.357 e. The average molecular weight is 488 g/mol. The van der Waals surface area contributed by atoms with Crippen LogP contribution in [0.2, 0.25) is 5.02 Å². The Labute approximate surface area is 197 Å². The molecule has 1 fully saturated rings. The van der Waals surface area contributed by atoms with Crippen LogP contribution in [0, 0.1) is 17.2 Å². The van der Waals surface area contributed by atoms with Crippen molar-refractivity contribution >= 4 is 38.3 Å². The Morgan fingerprint density at radius 3 is 2.67 bits per heavy atom. The molecule has 0 spiro atoms. The van der Waals surface area contributed by atoms with Crippen LogP contribution >= 0.6 is 11.6 Å². The van der Waals surface area contributed by atoms with E-state index in [1.54, 1.807) is 10.6 Å². The predicted octanol–water partition coefficient (Wildman–Crippen LogP) is 3.34. The summed E-state index contributed by atoms with van der Waals surface area (Å²) in [5.41, 5.74) is 0.812. The van der Waals surface area contributed by atoms with Gasteiger partial charge in [-0.05, 0) is 30.4 Å². The normalized spacial score (nSPS) is 16.8. The second kappa shape index (κ2) is 8.84. The summed E-state index contributed by atoms with van der Waals surface area (Å²) in [7, 11) is -2.39. The highest BCUT2D eigenvalue weighted by molar-refractivity contribution is 7.90. The van der Waals surface area contributed by atoms with Gasteiger partial charge >= 0.3 is 0 Å². The zero-order valence-corrected chi connectivity index (χ0v) is 20.4. The molecule has 1 aliphatic heterocycles. The highest BCUT2D eigenvalue weighted by atomic mass is 35.5. The summed E-state index contributed by atoms with van der Waals surface area (Å²) >= 11 is 6.44. The van der Waals surface area contributed by atoms with Gasteiger partial charge in [0.15, 0.2) is 0 Å². The fourth-order valence-corrected chi connectivity index (χ4v) is 5.67. The lowest BCUT2D eigenvalue weighted by Gasteiger charge is -2.34. The van der Waals surface area contributed by atoms with E-state index in [-0.39, 0.29) is 28.3 Å². The van der Waals surface area contributed by atoms with Crippen LogP contribution in [0.1, 0.15) is 37.3 Å². The molecule has 0 N–H and O–H groups in total. The van der Waals surface area contributed by atoms with Gasteiger partial charge in [-0.1, -0.05) is 43.1 Å². The number of piperidine rings is 1. The summed E-state index contributed by atoms with van der Waals surface area (Å²) in [4.78, 5) is 19.9. The molecule has 0 amide bonds. The van der Waals surface area contributed by atoms with Crippen molar-refractivity contribution in [2.75, 3.05) is 24.2 Å². The Kier molecular flexibility index (Phi) is 6.25. The molecule has 3 heterocycles. The number of hydrogen-bond donors (Lipinski definition) is 0. The standard InChI is InChI=1S/C23H26ClN5O3S/c1-4-15-8-7-11-28(13-15)21-17(12-25)19-20(22(30)27(2)23(26-19)33(3,31)32)29(21)14-16-9-5-6-10-18(16)24/h5-6,9-10,15H,4,7-8,11,13-14H2,1-3H3/t15-/m1/s1. The number of rotatable bonds is 5. The molecular weight excluding hydrogens is 462 g/mol. The summed E-state index contributed by atoms with van der Waals surface area (Å²) in [6.07, 6.45) is 4.10. The van der Waals surface area contributed by atoms with Gasteiger partial charge in [0.1, 0.15) is 28.5 Å². The lowest BCUT2D eigenvalue weighted by molar-refractivity contribution is 0.401. The highest BCUT2D eigenvalue weighted by Gasteiger charge is 2.31. The quantitative estimate of drug-likeness (QED) is 0.511. The first-order valence-electron chi connectivity index (χ1n) is 10.9. The molecule has 0 bridgehead atoms. The Morgan fingerprint density at radius 2 is 2.03 bits per heavy atom. The molecular formula is C23H26ClN5O3S. The summed E-state index contributed by atoms with van der Waals surface area (Å²) in [6.45, 7) is 3.90. The van der Waals surface area contributed by atoms with Gasteiger partial charge in [0.05, 0.1) is 6.54 Å². The van der Waals surface area contributed by atoms with E-state index in [1.165, 1.54) is 7.05 Å². The monoisotopic (exact) mass is 487 g/mol. The zero-order valence-electron chi connectivity index (χ0n) is 18.9. The van der Waals surface area contributed by atoms with Gasteiger partial charge in [-0.25, -0.2) is 13.4 Å². The minimum atomic E-state index is -3.78. The van der Waals surface area contributed by atoms with E-state index in [1.807, 2.05) is 18.2 Å². The van der Waals surface area contributed by atoms with Crippen LogP contribution in [-0.2, 0) is 23.4 Å². The van der Waals surface area contributed by atoms with Crippen molar-refractivity contribution in [3.8, 4) is 6.07 Å². The molecule has 0 saturated carbocycles. The molecule has 0 unspecified atom stereocenters. The highest BCUT2D eigenvalue weighted by Crippen LogP contribution is 2.35. The fraction of sp³-hybridized carbons (Fsp3) is 0.435. The summed E-state index contributed by atoms with van der Waals surface area (Å²) in [6, 6.07) is 9.56. The second-order valence-corrected chi connectivity index (χ2v) is 10.9. The SMILES string of the molecule is CC[C@@H]1CCCN(c2c(C#N)c3nc(S(C)(=O)=O)n(C)c(=O)c3n2Cc2ccccc2Cl)C1. The minimum Gasteiger partial charge on any atom is -0.357 e. The van der Waals surface area contributed by atoms with Crippen LogP contribution in [0.25, 0.3) is 11.0 Å². The van der Waals surface area contributed by atoms with Crippen LogP contribution in [0.4, 0.5) is 5.82 Å². The van der Waals surface area contributed by atoms with Crippen LogP contribution in [0.5, 0.6) is 0 Å². The topological polar surface area (TPSA) is 101 Å². The summed E-state index contributed by atoms with van der Waals surface area (Å²) in [5, 5.41) is 10.3. The zero-order chi connectivity index (χ0) is 23.9. The molecule has 1 saturated heterocycles. The maximum atomic E-state index is 13.5. The number of hydrogen-bond acceptors (Lipinski definition) is 6. The number of benzene rings is 1. The van der Waals surface area contributed by atoms with E-state index >= 15 is 0 Å². The van der Waals surface area contributed by atoms with Crippen molar-refractivity contribution in [2.24, 2.45) is 13.0 Å². The van der Waals surface area contributed by atoms with Crippen molar-refractivity contribution < 1.29 is 8.42 Å². The molecule has 4 rings (SSSR count). The van der Waals surface area contributed by atoms with Gasteiger partial charge in [0.25, 0.3) is 5.56 Å². The molecule has 1 atom stereocenters. The number of anilines is 1. The number of sulfone groups is 1. The summed E-state index contributed by atoms with van der Waals surface area (Å²) in [5.74, 6) is 1.07. The van der Waals surface area contributed by atoms with Gasteiger partial charge in [0.2, 0.25) is 15.0 Å². The Bertz CT molecular complexity index is 1440. The first-order valence-corrected chi connectivity index (χ1v) is 13.2. The lowest BCUT2D eigenvalue weighted by Crippen LogP contribution is -2.37. The number of fused-ring (bicyclic) bond motifs is 1. The molecule has 174 valence electrons. The van der Waals surface area contributed by atoms with E-state index in [2.05, 4.69) is 22.9 Å². The molecule has 10 heteroatoms. The van der Waals surface area contributed by atoms with Crippen LogP contribution in [-0.4, -0.2) is 41.9 Å². The third-order valence-corrected chi connectivity index (χ3v) is 7.73. The van der Waals surface area contributed by atoms with E-state index in [4.69, 9.17) is 11.6 Å². The van der Waals surface area contributed by atoms with Crippen LogP contribution < -0.4 is 10.5 Å². The van der Waals surface area contributed by atoms with E-state index < -0.39 is 15.4 Å². The Balaban J connectivity index is 2.07. The first-order chi connectivity index (χ1) is 15.7. The fourth-order valence-electron chi connectivity index (χ4n) is 4.64. The third-order valence-electron chi connectivity index (χ3n) is 6.34. The number of aromatic nitrogens is 3. The lowest BCUT2D eigenvalue weighted by atomic mass is 9.95. The van der Waals surface area contributed by atoms with Crippen LogP contribution in [0.15, 0.2) is 34.2 Å². The molecule has 33 heavy (non-hydrogen) atoms. The molecule has 1 aliphatic rings. The van der Waals surface area contributed by atoms with Gasteiger partial charge in [-0.15, -0.1) is 0 Å². The molecule has 2 aromatic heterocycles. The van der Waals surface area contributed by atoms with E-state index in [0.717, 1.165) is 48.7 Å². The molecule has 3 aromatic rings. The molecule has 1 aromatic carbocycles. The maximum absolute atomic E-state index is 13.5. The van der Waals surface area contributed by atoms with Crippen molar-refractivity contribution in [2.45, 2.75) is 37.9 Å². The van der Waals surface area contributed by atoms with E-state index in [0.29, 0.717) is 16.8 Å². The Morgan fingerprint density at radius 1 is 1.30 bits per heavy atom. The second-order valence-electron chi connectivity index (χ2n) is 8.58. The molecule has 0 radical (unpaired) electrons. The van der Waals surface area contributed by atoms with E-state index in [9.17, 15) is 18.5 Å². The van der Waals surface area contributed by atoms with Gasteiger partial charge < -0.3 is 9.47 Å². The number of halogens is 1. The van der Waals surface area contributed by atoms with Crippen molar-refractivity contribution in [1.82, 2.24) is 14.1 Å². The molecule has 0 aliphatic carbocycles. The average Bonchev–Trinajstić information content (AvgIpc) is 3.10. The smallest absolute Gasteiger partial charge is 0.278 e. The Hall–Kier alpha value is -2.83. The third kappa shape index (κ3) is 4.13. The van der Waals surface area contributed by atoms with Gasteiger partial charge in [-0.2, -0.15) is 5.26 Å². The summed E-state index contributed by atoms with van der Waals surface area (Å²) < 4.78 is 27.5. The van der Waals surface area contributed by atoms with Crippen molar-refractivity contribution in [3.63, 3.8) is 0 Å². The molecule has 8 nitrogen and oxygen atoms in total.